The monoisotopic (exact) mass is 332 g/mol. The second-order valence-corrected chi connectivity index (χ2v) is 5.66. The van der Waals surface area contributed by atoms with Crippen molar-refractivity contribution in [2.24, 2.45) is 0 Å². The summed E-state index contributed by atoms with van der Waals surface area (Å²) in [4.78, 5) is 4.25. The molecule has 0 spiro atoms. The summed E-state index contributed by atoms with van der Waals surface area (Å²) in [7, 11) is 1.48. The smallest absolute Gasteiger partial charge is 0.164 e. The molecule has 1 saturated heterocycles. The van der Waals surface area contributed by atoms with E-state index in [4.69, 9.17) is 32.7 Å². The first-order valence-corrected chi connectivity index (χ1v) is 7.11. The fourth-order valence-corrected chi connectivity index (χ4v) is 2.89. The number of aromatic nitrogens is 2. The first kappa shape index (κ1) is 15.0. The van der Waals surface area contributed by atoms with Crippen LogP contribution < -0.4 is 0 Å². The Morgan fingerprint density at radius 2 is 2.10 bits per heavy atom. The average Bonchev–Trinajstić information content (AvgIpc) is 3.00. The number of rotatable bonds is 3. The van der Waals surface area contributed by atoms with Gasteiger partial charge in [-0.3, -0.25) is 0 Å². The Labute approximate surface area is 130 Å². The summed E-state index contributed by atoms with van der Waals surface area (Å²) in [6, 6.07) is 3.34. The number of aliphatic hydroxyl groups is 2. The van der Waals surface area contributed by atoms with Gasteiger partial charge in [0.15, 0.2) is 6.23 Å². The maximum atomic E-state index is 10.1. The fraction of sp³-hybridized carbons (Fsp3) is 0.462. The molecular weight excluding hydrogens is 319 g/mol. The number of benzene rings is 1. The molecular formula is C13H14Cl2N2O4. The van der Waals surface area contributed by atoms with Crippen LogP contribution in [0.4, 0.5) is 0 Å². The van der Waals surface area contributed by atoms with Gasteiger partial charge in [-0.15, -0.1) is 0 Å². The van der Waals surface area contributed by atoms with Crippen molar-refractivity contribution < 1.29 is 19.7 Å². The van der Waals surface area contributed by atoms with Gasteiger partial charge in [0.25, 0.3) is 0 Å². The zero-order valence-electron chi connectivity index (χ0n) is 11.1. The third-order valence-corrected chi connectivity index (χ3v) is 4.38. The quantitative estimate of drug-likeness (QED) is 0.892. The Morgan fingerprint density at radius 1 is 1.38 bits per heavy atom. The van der Waals surface area contributed by atoms with Gasteiger partial charge in [0.05, 0.1) is 34.0 Å². The van der Waals surface area contributed by atoms with E-state index < -0.39 is 24.5 Å². The predicted molar refractivity (Wildman–Crippen MR) is 77.6 cm³/mol. The summed E-state index contributed by atoms with van der Waals surface area (Å²) in [6.07, 6.45) is -1.29. The SMILES string of the molecule is CO[C@@H]1[C@H](O)[C@@H](CO)O[C@H]1n1cnc2cc(Cl)c(Cl)cc21. The summed E-state index contributed by atoms with van der Waals surface area (Å²) in [5.41, 5.74) is 1.37. The maximum absolute atomic E-state index is 10.1. The van der Waals surface area contributed by atoms with E-state index in [1.54, 1.807) is 23.0 Å². The lowest BCUT2D eigenvalue weighted by molar-refractivity contribution is -0.0580. The molecule has 8 heteroatoms. The number of halogens is 2. The molecule has 2 N–H and O–H groups in total. The number of ether oxygens (including phenoxy) is 2. The van der Waals surface area contributed by atoms with Crippen molar-refractivity contribution in [2.45, 2.75) is 24.5 Å². The van der Waals surface area contributed by atoms with Crippen LogP contribution in [0.5, 0.6) is 0 Å². The Morgan fingerprint density at radius 3 is 2.76 bits per heavy atom. The van der Waals surface area contributed by atoms with Crippen LogP contribution in [0.25, 0.3) is 11.0 Å². The first-order chi connectivity index (χ1) is 10.1. The summed E-state index contributed by atoms with van der Waals surface area (Å²) < 4.78 is 12.7. The predicted octanol–water partition coefficient (Wildman–Crippen LogP) is 1.61. The molecule has 21 heavy (non-hydrogen) atoms. The minimum Gasteiger partial charge on any atom is -0.394 e. The lowest BCUT2D eigenvalue weighted by atomic mass is 10.1. The van der Waals surface area contributed by atoms with E-state index in [1.807, 2.05) is 0 Å². The number of hydrogen-bond donors (Lipinski definition) is 2. The van der Waals surface area contributed by atoms with Crippen molar-refractivity contribution in [3.63, 3.8) is 0 Å². The van der Waals surface area contributed by atoms with Gasteiger partial charge in [0, 0.05) is 7.11 Å². The molecule has 6 nitrogen and oxygen atoms in total. The topological polar surface area (TPSA) is 76.7 Å². The maximum Gasteiger partial charge on any atom is 0.164 e. The van der Waals surface area contributed by atoms with E-state index in [0.29, 0.717) is 21.1 Å². The van der Waals surface area contributed by atoms with Gasteiger partial charge in [0.1, 0.15) is 18.3 Å². The number of hydrogen-bond acceptors (Lipinski definition) is 5. The van der Waals surface area contributed by atoms with Crippen LogP contribution in [0.1, 0.15) is 6.23 Å². The van der Waals surface area contributed by atoms with E-state index in [2.05, 4.69) is 4.98 Å². The van der Waals surface area contributed by atoms with E-state index in [1.165, 1.54) is 7.11 Å². The molecule has 2 aromatic rings. The Hall–Kier alpha value is -0.890. The molecule has 2 heterocycles. The molecule has 114 valence electrons. The minimum atomic E-state index is -0.926. The molecule has 0 saturated carbocycles. The van der Waals surface area contributed by atoms with Crippen molar-refractivity contribution >= 4 is 34.2 Å². The lowest BCUT2D eigenvalue weighted by Crippen LogP contribution is -2.34. The van der Waals surface area contributed by atoms with Crippen LogP contribution in [0.3, 0.4) is 0 Å². The summed E-state index contributed by atoms with van der Waals surface area (Å²) in [6.45, 7) is -0.295. The number of aliphatic hydroxyl groups excluding tert-OH is 2. The van der Waals surface area contributed by atoms with Crippen LogP contribution in [0, 0.1) is 0 Å². The molecule has 0 aliphatic carbocycles. The summed E-state index contributed by atoms with van der Waals surface area (Å²) >= 11 is 12.0. The van der Waals surface area contributed by atoms with Crippen LogP contribution in [-0.4, -0.2) is 51.8 Å². The van der Waals surface area contributed by atoms with E-state index in [-0.39, 0.29) is 6.61 Å². The Bertz CT molecular complexity index is 663. The van der Waals surface area contributed by atoms with Gasteiger partial charge < -0.3 is 24.3 Å². The summed E-state index contributed by atoms with van der Waals surface area (Å²) in [5, 5.41) is 20.2. The number of imidazole rings is 1. The zero-order chi connectivity index (χ0) is 15.1. The molecule has 0 amide bonds. The standard InChI is InChI=1S/C13H14Cl2N2O4/c1-20-12-11(19)10(4-18)21-13(12)17-5-16-8-2-6(14)7(15)3-9(8)17/h2-3,5,10-13,18-19H,4H2,1H3/t10-,11-,12-,13-/m1/s1. The Kier molecular flexibility index (Phi) is 4.09. The van der Waals surface area contributed by atoms with Crippen LogP contribution in [0.2, 0.25) is 10.0 Å². The second kappa shape index (κ2) is 5.72. The number of nitrogens with zero attached hydrogens (tertiary/aromatic N) is 2. The molecule has 1 aliphatic heterocycles. The minimum absolute atomic E-state index is 0.295. The molecule has 1 aromatic heterocycles. The fourth-order valence-electron chi connectivity index (χ4n) is 2.57. The van der Waals surface area contributed by atoms with Gasteiger partial charge in [-0.25, -0.2) is 4.98 Å². The third kappa shape index (κ3) is 2.42. The highest BCUT2D eigenvalue weighted by Crippen LogP contribution is 2.35. The van der Waals surface area contributed by atoms with Crippen LogP contribution in [-0.2, 0) is 9.47 Å². The van der Waals surface area contributed by atoms with E-state index in [0.717, 1.165) is 0 Å². The zero-order valence-corrected chi connectivity index (χ0v) is 12.6. The van der Waals surface area contributed by atoms with Crippen molar-refractivity contribution in [1.82, 2.24) is 9.55 Å². The van der Waals surface area contributed by atoms with Crippen LogP contribution in [0.15, 0.2) is 18.5 Å². The third-order valence-electron chi connectivity index (χ3n) is 3.66. The lowest BCUT2D eigenvalue weighted by Gasteiger charge is -2.20. The van der Waals surface area contributed by atoms with Gasteiger partial charge in [-0.05, 0) is 12.1 Å². The van der Waals surface area contributed by atoms with Gasteiger partial charge >= 0.3 is 0 Å². The normalized spacial score (nSPS) is 29.4. The highest BCUT2D eigenvalue weighted by molar-refractivity contribution is 6.42. The number of fused-ring (bicyclic) bond motifs is 1. The Balaban J connectivity index is 2.05. The van der Waals surface area contributed by atoms with E-state index in [9.17, 15) is 10.2 Å². The van der Waals surface area contributed by atoms with Crippen molar-refractivity contribution in [2.75, 3.05) is 13.7 Å². The average molecular weight is 333 g/mol. The molecule has 0 unspecified atom stereocenters. The van der Waals surface area contributed by atoms with Crippen molar-refractivity contribution in [3.05, 3.63) is 28.5 Å². The first-order valence-electron chi connectivity index (χ1n) is 6.35. The molecule has 1 aliphatic rings. The molecule has 1 fully saturated rings. The van der Waals surface area contributed by atoms with Gasteiger partial charge in [0.2, 0.25) is 0 Å². The largest absolute Gasteiger partial charge is 0.394 e. The van der Waals surface area contributed by atoms with Crippen LogP contribution >= 0.6 is 23.2 Å². The van der Waals surface area contributed by atoms with Gasteiger partial charge in [-0.2, -0.15) is 0 Å². The number of methoxy groups -OCH3 is 1. The van der Waals surface area contributed by atoms with Gasteiger partial charge in [-0.1, -0.05) is 23.2 Å². The summed E-state index contributed by atoms with van der Waals surface area (Å²) in [5.74, 6) is 0. The molecule has 4 atom stereocenters. The highest BCUT2D eigenvalue weighted by atomic mass is 35.5. The second-order valence-electron chi connectivity index (χ2n) is 4.85. The molecule has 1 aromatic carbocycles. The highest BCUT2D eigenvalue weighted by Gasteiger charge is 2.45. The molecule has 3 rings (SSSR count). The van der Waals surface area contributed by atoms with Crippen molar-refractivity contribution in [1.29, 1.82) is 0 Å². The molecule has 0 bridgehead atoms. The van der Waals surface area contributed by atoms with Crippen molar-refractivity contribution in [3.8, 4) is 0 Å². The molecule has 0 radical (unpaired) electrons. The van der Waals surface area contributed by atoms with E-state index >= 15 is 0 Å².